The molecule has 8 atom stereocenters. The van der Waals surface area contributed by atoms with E-state index in [2.05, 4.69) is 179 Å². The molecule has 4 aliphatic heterocycles. The van der Waals surface area contributed by atoms with Gasteiger partial charge in [0.15, 0.2) is 69.0 Å². The summed E-state index contributed by atoms with van der Waals surface area (Å²) in [5.74, 6) is 23.8. The Balaban J connectivity index is 0.769. The molecule has 20 nitrogen and oxygen atoms in total. The van der Waals surface area contributed by atoms with Crippen LogP contribution in [-0.4, -0.2) is 86.9 Å². The molecule has 2 unspecified atom stereocenters. The van der Waals surface area contributed by atoms with E-state index in [1.54, 1.807) is 24.3 Å². The lowest BCUT2D eigenvalue weighted by atomic mass is 10.00. The van der Waals surface area contributed by atoms with E-state index in [1.165, 1.54) is 21.6 Å². The average molecular weight is 2070 g/mol. The molecule has 0 saturated heterocycles. The monoisotopic (exact) mass is 2070 g/mol. The Morgan fingerprint density at radius 3 is 0.780 bits per heavy atom. The third-order valence-corrected chi connectivity index (χ3v) is 30.1. The number of carbonyl (C=O) groups is 4. The van der Waals surface area contributed by atoms with Crippen LogP contribution in [0.2, 0.25) is 0 Å². The number of carbonyl (C=O) groups excluding carboxylic acids is 4. The smallest absolute Gasteiger partial charge is 0.252 e. The van der Waals surface area contributed by atoms with Crippen LogP contribution in [0.5, 0.6) is 80.5 Å². The maximum Gasteiger partial charge on any atom is 0.252 e. The SMILES string of the molecule is CC(C)CCC[C@H](C)COc1cc(C(=O)NC(CSSCC(NC(=O)c2cc(OC[C@@H](C)CCCC(C)C)c(OC[C@@H](C)CCCC(C)C)c(OC[C@@H](C)CCCC(C)C)c2)C(=O)NCc2ccc(C#Cc3cc4c5c(c3)Oc3ccccc3N5c3ccccc3O4)cc2)C(=O)NCc2ccc(C#Cc3cc4c5c(c3)Oc3ccccc3N5c3ccccc3O4)cc2)cc(OC[C@@H](C)CCCC(C)C)c1OC[C@@H](C)CCCC(C)C. The van der Waals surface area contributed by atoms with E-state index in [9.17, 15) is 0 Å². The van der Waals surface area contributed by atoms with Crippen molar-refractivity contribution in [2.24, 2.45) is 71.0 Å². The van der Waals surface area contributed by atoms with Crippen LogP contribution >= 0.6 is 21.6 Å². The van der Waals surface area contributed by atoms with Crippen molar-refractivity contribution >= 4 is 79.3 Å². The summed E-state index contributed by atoms with van der Waals surface area (Å²) in [5.41, 5.74) is 10.1. The van der Waals surface area contributed by atoms with Crippen molar-refractivity contribution in [1.82, 2.24) is 21.3 Å². The maximum absolute atomic E-state index is 15.8. The standard InChI is InChI=1S/C128H160N6O14S2/c1-83(2)33-27-39-89(13)75-139-117-69-101(70-118(140-76-90(14)40-28-34-84(3)4)123(117)143-79-93(17)43-31-37-87(9)10)125(135)131-103(127(137)129-73-97-59-53-95(54-60-97)57-63-99-65-113-121-114(66-99)146-110-50-24-20-46-106(110)133(121)105-45-19-23-49-109(105)145-113)81-149-150-82-104(128(138)130-74-98-61-55-96(56-62-98)58-64-100-67-115-122-116(68-100)148-112-52-26-22-48-108(112)134(122)107-47-21-25-51-111(107)147-115)132-126(136)102-71-119(141-77-91(15)41-29-35-85(5)6)124(144-80-94(18)44-32-38-88(11)12)120(72-102)142-78-92(16)42-30-36-86(7)8/h19-26,45-56,59-62,65-72,83-94,103-104H,27-44,73-82H2,1-18H3,(H,129,137)(H,130,138)(H,131,135)(H,132,136)/t89-,90-,91-,92-,93-,94-,103?,104?/m0/s1. The number of anilines is 6. The first-order valence-corrected chi connectivity index (χ1v) is 57.7. The minimum absolute atomic E-state index is 0.0120. The van der Waals surface area contributed by atoms with Crippen molar-refractivity contribution in [3.63, 3.8) is 0 Å². The normalized spacial score (nSPS) is 13.9. The molecule has 10 aromatic rings. The van der Waals surface area contributed by atoms with Gasteiger partial charge in [0, 0.05) is 58.0 Å². The lowest BCUT2D eigenvalue weighted by molar-refractivity contribution is -0.123. The molecule has 0 aromatic heterocycles. The lowest BCUT2D eigenvalue weighted by Gasteiger charge is -2.37. The fraction of sp³-hybridized carbons (Fsp3) is 0.469. The van der Waals surface area contributed by atoms with Crippen molar-refractivity contribution in [2.75, 3.05) is 60.9 Å². The van der Waals surface area contributed by atoms with Gasteiger partial charge in [0.1, 0.15) is 23.5 Å². The van der Waals surface area contributed by atoms with E-state index in [0.29, 0.717) is 144 Å². The molecule has 798 valence electrons. The van der Waals surface area contributed by atoms with Crippen LogP contribution in [0.25, 0.3) is 0 Å². The first-order chi connectivity index (χ1) is 72.4. The summed E-state index contributed by atoms with van der Waals surface area (Å²) < 4.78 is 67.6. The number of rotatable bonds is 57. The first-order valence-electron chi connectivity index (χ1n) is 55.2. The predicted molar refractivity (Wildman–Crippen MR) is 611 cm³/mol. The number of nitrogens with zero attached hydrogens (tertiary/aromatic N) is 2. The summed E-state index contributed by atoms with van der Waals surface area (Å²) in [4.78, 5) is 66.9. The lowest BCUT2D eigenvalue weighted by Crippen LogP contribution is -2.48. The second kappa shape index (κ2) is 56.0. The van der Waals surface area contributed by atoms with Gasteiger partial charge in [-0.2, -0.15) is 0 Å². The van der Waals surface area contributed by atoms with Gasteiger partial charge in [-0.05, 0) is 242 Å². The number of hydrogen-bond donors (Lipinski definition) is 4. The second-order valence-electron chi connectivity index (χ2n) is 44.6. The molecule has 4 aliphatic rings. The number of hydrogen-bond acceptors (Lipinski definition) is 18. The zero-order valence-corrected chi connectivity index (χ0v) is 93.4. The zero-order chi connectivity index (χ0) is 106. The Morgan fingerprint density at radius 1 is 0.287 bits per heavy atom. The molecule has 4 amide bonds. The highest BCUT2D eigenvalue weighted by Crippen LogP contribution is 2.62. The molecule has 0 fully saturated rings. The summed E-state index contributed by atoms with van der Waals surface area (Å²) >= 11 is 0. The minimum atomic E-state index is -1.18. The van der Waals surface area contributed by atoms with E-state index in [4.69, 9.17) is 47.4 Å². The van der Waals surface area contributed by atoms with Gasteiger partial charge < -0.3 is 68.6 Å². The molecule has 0 spiro atoms. The summed E-state index contributed by atoms with van der Waals surface area (Å²) in [6.45, 7) is 42.7. The third-order valence-electron chi connectivity index (χ3n) is 27.7. The highest BCUT2D eigenvalue weighted by atomic mass is 33.1. The molecule has 14 rings (SSSR count). The molecule has 22 heteroatoms. The number of amides is 4. The maximum atomic E-state index is 15.8. The fourth-order valence-corrected chi connectivity index (χ4v) is 21.2. The molecule has 150 heavy (non-hydrogen) atoms. The van der Waals surface area contributed by atoms with E-state index in [-0.39, 0.29) is 71.2 Å². The predicted octanol–water partition coefficient (Wildman–Crippen LogP) is 31.8. The van der Waals surface area contributed by atoms with E-state index in [1.807, 2.05) is 170 Å². The highest BCUT2D eigenvalue weighted by Gasteiger charge is 2.39. The van der Waals surface area contributed by atoms with Crippen LogP contribution in [0.15, 0.2) is 194 Å². The minimum Gasteiger partial charge on any atom is -0.489 e. The van der Waals surface area contributed by atoms with Gasteiger partial charge in [-0.1, -0.05) is 320 Å². The average Bonchev–Trinajstić information content (AvgIpc) is 0.728. The fourth-order valence-electron chi connectivity index (χ4n) is 18.9. The van der Waals surface area contributed by atoms with Crippen molar-refractivity contribution in [2.45, 2.75) is 265 Å². The van der Waals surface area contributed by atoms with E-state index < -0.39 is 35.7 Å². The van der Waals surface area contributed by atoms with Gasteiger partial charge in [-0.25, -0.2) is 0 Å². The summed E-state index contributed by atoms with van der Waals surface area (Å²) in [7, 11) is 2.59. The van der Waals surface area contributed by atoms with Crippen molar-refractivity contribution in [3.8, 4) is 104 Å². The number of fused-ring (bicyclic) bond motifs is 8. The van der Waals surface area contributed by atoms with Crippen LogP contribution in [0, 0.1) is 94.7 Å². The second-order valence-corrected chi connectivity index (χ2v) is 47.1. The number of benzene rings is 10. The Labute approximate surface area is 901 Å². The molecule has 4 N–H and O–H groups in total. The van der Waals surface area contributed by atoms with E-state index in [0.717, 1.165) is 195 Å². The Morgan fingerprint density at radius 2 is 0.527 bits per heavy atom. The summed E-state index contributed by atoms with van der Waals surface area (Å²) in [6.07, 6.45) is 18.7. The van der Waals surface area contributed by atoms with Crippen LogP contribution in [-0.2, 0) is 22.7 Å². The summed E-state index contributed by atoms with van der Waals surface area (Å²) in [5, 5.41) is 12.8. The topological polar surface area (TPSA) is 215 Å². The van der Waals surface area contributed by atoms with E-state index >= 15 is 19.2 Å². The van der Waals surface area contributed by atoms with Gasteiger partial charge in [0.25, 0.3) is 11.8 Å². The van der Waals surface area contributed by atoms with Gasteiger partial charge in [0.2, 0.25) is 23.3 Å². The van der Waals surface area contributed by atoms with Gasteiger partial charge in [0.05, 0.1) is 62.4 Å². The van der Waals surface area contributed by atoms with Crippen LogP contribution in [0.3, 0.4) is 0 Å². The molecule has 0 radical (unpaired) electrons. The van der Waals surface area contributed by atoms with Crippen LogP contribution in [0.1, 0.15) is 294 Å². The van der Waals surface area contributed by atoms with Gasteiger partial charge in [-0.3, -0.25) is 29.0 Å². The Bertz CT molecular complexity index is 5670. The van der Waals surface area contributed by atoms with Crippen LogP contribution in [0.4, 0.5) is 34.1 Å². The Kier molecular flexibility index (Phi) is 42.2. The van der Waals surface area contributed by atoms with Gasteiger partial charge in [-0.15, -0.1) is 0 Å². The number of nitrogens with one attached hydrogen (secondary N) is 4. The quantitative estimate of drug-likeness (QED) is 0.0158. The zero-order valence-electron chi connectivity index (χ0n) is 91.8. The number of para-hydroxylation sites is 8. The van der Waals surface area contributed by atoms with Crippen LogP contribution < -0.4 is 78.4 Å². The highest BCUT2D eigenvalue weighted by molar-refractivity contribution is 8.76. The van der Waals surface area contributed by atoms with Gasteiger partial charge >= 0.3 is 0 Å². The largest absolute Gasteiger partial charge is 0.489 e. The summed E-state index contributed by atoms with van der Waals surface area (Å²) in [6, 6.07) is 59.6. The van der Waals surface area contributed by atoms with Crippen molar-refractivity contribution in [1.29, 1.82) is 0 Å². The number of ether oxygens (including phenoxy) is 10. The Hall–Kier alpha value is -12.5. The molecule has 0 saturated carbocycles. The van der Waals surface area contributed by atoms with Crippen molar-refractivity contribution in [3.05, 3.63) is 239 Å². The van der Waals surface area contributed by atoms with Crippen molar-refractivity contribution < 1.29 is 66.5 Å². The third kappa shape index (κ3) is 33.0. The molecular weight excluding hydrogens is 1910 g/mol. The molecule has 10 aromatic carbocycles. The molecule has 0 bridgehead atoms. The molecule has 4 heterocycles. The molecule has 0 aliphatic carbocycles. The first kappa shape index (κ1) is 113. The molecular formula is C128H160N6O14S2.